The quantitative estimate of drug-likeness (QED) is 0.761. The van der Waals surface area contributed by atoms with Gasteiger partial charge in [0.25, 0.3) is 5.91 Å². The van der Waals surface area contributed by atoms with Gasteiger partial charge in [-0.3, -0.25) is 4.79 Å². The number of amides is 1. The Hall–Kier alpha value is -1.75. The molecule has 0 saturated carbocycles. The molecule has 0 heterocycles. The van der Waals surface area contributed by atoms with Gasteiger partial charge in [-0.25, -0.2) is 0 Å². The molecule has 1 aromatic carbocycles. The van der Waals surface area contributed by atoms with Crippen LogP contribution in [-0.2, 0) is 4.79 Å². The molecular weight excluding hydrogens is 258 g/mol. The zero-order chi connectivity index (χ0) is 15.0. The van der Waals surface area contributed by atoms with Crippen molar-refractivity contribution in [2.75, 3.05) is 20.3 Å². The number of carbonyl (C=O) groups is 1. The number of methoxy groups -OCH3 is 1. The van der Waals surface area contributed by atoms with Crippen LogP contribution in [0, 0.1) is 0 Å². The number of hydrogen-bond acceptors (Lipinski definition) is 4. The van der Waals surface area contributed by atoms with Crippen LogP contribution in [0.25, 0.3) is 0 Å². The summed E-state index contributed by atoms with van der Waals surface area (Å²) in [7, 11) is 1.55. The van der Waals surface area contributed by atoms with Crippen molar-refractivity contribution in [3.05, 3.63) is 24.3 Å². The molecule has 0 atom stereocenters. The van der Waals surface area contributed by atoms with E-state index in [1.807, 2.05) is 26.0 Å². The second kappa shape index (κ2) is 7.75. The van der Waals surface area contributed by atoms with E-state index in [0.29, 0.717) is 24.3 Å². The van der Waals surface area contributed by atoms with Gasteiger partial charge in [0.15, 0.2) is 18.1 Å². The topological polar surface area (TPSA) is 67.8 Å². The van der Waals surface area contributed by atoms with Crippen molar-refractivity contribution in [1.82, 2.24) is 5.32 Å². The fourth-order valence-electron chi connectivity index (χ4n) is 1.90. The zero-order valence-electron chi connectivity index (χ0n) is 12.3. The lowest BCUT2D eigenvalue weighted by Gasteiger charge is -2.30. The number of aliphatic hydroxyl groups is 1. The average Bonchev–Trinajstić information content (AvgIpc) is 2.51. The molecule has 5 nitrogen and oxygen atoms in total. The molecule has 0 bridgehead atoms. The maximum atomic E-state index is 11.9. The van der Waals surface area contributed by atoms with Crippen molar-refractivity contribution in [3.8, 4) is 11.5 Å². The molecule has 0 fully saturated rings. The van der Waals surface area contributed by atoms with Crippen LogP contribution in [0.2, 0.25) is 0 Å². The van der Waals surface area contributed by atoms with E-state index in [9.17, 15) is 9.90 Å². The van der Waals surface area contributed by atoms with Gasteiger partial charge in [0.05, 0.1) is 19.3 Å². The van der Waals surface area contributed by atoms with Crippen molar-refractivity contribution in [1.29, 1.82) is 0 Å². The summed E-state index contributed by atoms with van der Waals surface area (Å²) in [5, 5.41) is 12.2. The largest absolute Gasteiger partial charge is 0.493 e. The number of aliphatic hydroxyl groups excluding tert-OH is 1. The Labute approximate surface area is 119 Å². The van der Waals surface area contributed by atoms with E-state index in [-0.39, 0.29) is 19.1 Å². The van der Waals surface area contributed by atoms with Crippen LogP contribution in [0.1, 0.15) is 26.7 Å². The molecule has 0 radical (unpaired) electrons. The Kier molecular flexibility index (Phi) is 6.31. The highest BCUT2D eigenvalue weighted by atomic mass is 16.5. The van der Waals surface area contributed by atoms with E-state index in [1.54, 1.807) is 19.2 Å². The van der Waals surface area contributed by atoms with Gasteiger partial charge in [0, 0.05) is 0 Å². The Bertz CT molecular complexity index is 421. The summed E-state index contributed by atoms with van der Waals surface area (Å²) in [6.45, 7) is 3.67. The molecule has 1 amide bonds. The van der Waals surface area contributed by atoms with Gasteiger partial charge in [-0.1, -0.05) is 26.0 Å². The van der Waals surface area contributed by atoms with E-state index in [4.69, 9.17) is 9.47 Å². The zero-order valence-corrected chi connectivity index (χ0v) is 12.3. The third-order valence-electron chi connectivity index (χ3n) is 3.49. The summed E-state index contributed by atoms with van der Waals surface area (Å²) in [6.07, 6.45) is 1.33. The second-order valence-electron chi connectivity index (χ2n) is 4.63. The lowest BCUT2D eigenvalue weighted by atomic mass is 9.94. The molecule has 0 aliphatic heterocycles. The highest BCUT2D eigenvalue weighted by Crippen LogP contribution is 2.25. The van der Waals surface area contributed by atoms with E-state index >= 15 is 0 Å². The highest BCUT2D eigenvalue weighted by molar-refractivity contribution is 5.78. The number of hydrogen-bond donors (Lipinski definition) is 2. The van der Waals surface area contributed by atoms with Gasteiger partial charge in [-0.15, -0.1) is 0 Å². The van der Waals surface area contributed by atoms with Crippen LogP contribution < -0.4 is 14.8 Å². The van der Waals surface area contributed by atoms with Gasteiger partial charge >= 0.3 is 0 Å². The lowest BCUT2D eigenvalue weighted by molar-refractivity contribution is -0.125. The van der Waals surface area contributed by atoms with E-state index in [2.05, 4.69) is 5.32 Å². The van der Waals surface area contributed by atoms with Gasteiger partial charge in [-0.2, -0.15) is 0 Å². The van der Waals surface area contributed by atoms with Crippen LogP contribution in [0.3, 0.4) is 0 Å². The minimum atomic E-state index is -0.568. The lowest BCUT2D eigenvalue weighted by Crippen LogP contribution is -2.51. The molecule has 2 N–H and O–H groups in total. The predicted molar refractivity (Wildman–Crippen MR) is 77.0 cm³/mol. The molecule has 112 valence electrons. The number of carbonyl (C=O) groups excluding carboxylic acids is 1. The third kappa shape index (κ3) is 4.13. The first kappa shape index (κ1) is 16.3. The summed E-state index contributed by atoms with van der Waals surface area (Å²) < 4.78 is 10.6. The first-order valence-electron chi connectivity index (χ1n) is 6.78. The second-order valence-corrected chi connectivity index (χ2v) is 4.63. The van der Waals surface area contributed by atoms with Crippen LogP contribution in [0.15, 0.2) is 24.3 Å². The summed E-state index contributed by atoms with van der Waals surface area (Å²) in [4.78, 5) is 11.9. The fourth-order valence-corrected chi connectivity index (χ4v) is 1.90. The Morgan fingerprint density at radius 1 is 1.25 bits per heavy atom. The monoisotopic (exact) mass is 281 g/mol. The van der Waals surface area contributed by atoms with E-state index in [1.165, 1.54) is 0 Å². The van der Waals surface area contributed by atoms with Gasteiger partial charge in [0.1, 0.15) is 0 Å². The Morgan fingerprint density at radius 3 is 2.35 bits per heavy atom. The number of benzene rings is 1. The molecule has 0 unspecified atom stereocenters. The first-order chi connectivity index (χ1) is 9.60. The van der Waals surface area contributed by atoms with Gasteiger partial charge in [-0.05, 0) is 25.0 Å². The minimum absolute atomic E-state index is 0.0829. The minimum Gasteiger partial charge on any atom is -0.493 e. The van der Waals surface area contributed by atoms with Crippen molar-refractivity contribution < 1.29 is 19.4 Å². The standard InChI is InChI=1S/C15H23NO4/c1-4-15(5-2,11-17)16-14(18)10-20-13-9-7-6-8-12(13)19-3/h6-9,17H,4-5,10-11H2,1-3H3,(H,16,18). The summed E-state index contributed by atoms with van der Waals surface area (Å²) in [5.41, 5.74) is -0.568. The average molecular weight is 281 g/mol. The van der Waals surface area contributed by atoms with Gasteiger partial charge in [0.2, 0.25) is 0 Å². The number of ether oxygens (including phenoxy) is 2. The summed E-state index contributed by atoms with van der Waals surface area (Å²) >= 11 is 0. The number of rotatable bonds is 8. The summed E-state index contributed by atoms with van der Waals surface area (Å²) in [5.74, 6) is 0.848. The smallest absolute Gasteiger partial charge is 0.258 e. The van der Waals surface area contributed by atoms with E-state index in [0.717, 1.165) is 0 Å². The normalized spacial score (nSPS) is 11.0. The maximum absolute atomic E-state index is 11.9. The maximum Gasteiger partial charge on any atom is 0.258 e. The molecule has 1 rings (SSSR count). The van der Waals surface area contributed by atoms with Crippen LogP contribution in [0.5, 0.6) is 11.5 Å². The molecule has 0 aliphatic rings. The van der Waals surface area contributed by atoms with Crippen molar-refractivity contribution in [2.45, 2.75) is 32.2 Å². The van der Waals surface area contributed by atoms with Crippen molar-refractivity contribution in [3.63, 3.8) is 0 Å². The Morgan fingerprint density at radius 2 is 1.85 bits per heavy atom. The van der Waals surface area contributed by atoms with Crippen molar-refractivity contribution in [2.24, 2.45) is 0 Å². The third-order valence-corrected chi connectivity index (χ3v) is 3.49. The molecule has 0 saturated heterocycles. The molecule has 5 heteroatoms. The summed E-state index contributed by atoms with van der Waals surface area (Å²) in [6, 6.07) is 7.15. The van der Waals surface area contributed by atoms with Crippen LogP contribution in [-0.4, -0.2) is 36.9 Å². The molecule has 0 aromatic heterocycles. The van der Waals surface area contributed by atoms with Crippen LogP contribution in [0.4, 0.5) is 0 Å². The van der Waals surface area contributed by atoms with Crippen LogP contribution >= 0.6 is 0 Å². The molecule has 20 heavy (non-hydrogen) atoms. The number of para-hydroxylation sites is 2. The van der Waals surface area contributed by atoms with E-state index < -0.39 is 5.54 Å². The highest BCUT2D eigenvalue weighted by Gasteiger charge is 2.27. The van der Waals surface area contributed by atoms with Crippen molar-refractivity contribution >= 4 is 5.91 Å². The molecule has 1 aromatic rings. The molecule has 0 aliphatic carbocycles. The predicted octanol–water partition coefficient (Wildman–Crippen LogP) is 1.74. The SMILES string of the molecule is CCC(CC)(CO)NC(=O)COc1ccccc1OC. The Balaban J connectivity index is 2.59. The molecular formula is C15H23NO4. The first-order valence-corrected chi connectivity index (χ1v) is 6.78. The van der Waals surface area contributed by atoms with Gasteiger partial charge < -0.3 is 19.9 Å². The molecule has 0 spiro atoms. The number of nitrogens with one attached hydrogen (secondary N) is 1. The fraction of sp³-hybridized carbons (Fsp3) is 0.533.